The van der Waals surface area contributed by atoms with Gasteiger partial charge in [-0.2, -0.15) is 0 Å². The lowest BCUT2D eigenvalue weighted by molar-refractivity contribution is 0.0977. The van der Waals surface area contributed by atoms with Crippen LogP contribution in [0.5, 0.6) is 0 Å². The molecule has 0 fully saturated rings. The van der Waals surface area contributed by atoms with E-state index in [1.165, 1.54) is 10.5 Å². The molecule has 3 heteroatoms. The number of nitrogens with zero attached hydrogens (tertiary/aromatic N) is 1. The number of Topliss-reactive ketones (excluding diaryl/α,β-unsaturated/α-hetero) is 1. The summed E-state index contributed by atoms with van der Waals surface area (Å²) >= 11 is 1.72. The molecule has 80 valence electrons. The van der Waals surface area contributed by atoms with Gasteiger partial charge in [0.15, 0.2) is 5.78 Å². The van der Waals surface area contributed by atoms with Crippen LogP contribution in [0.4, 0.5) is 0 Å². The topological polar surface area (TPSA) is 30.0 Å². The monoisotopic (exact) mass is 221 g/mol. The molecule has 0 spiro atoms. The summed E-state index contributed by atoms with van der Waals surface area (Å²) in [5.41, 5.74) is 2.86. The van der Waals surface area contributed by atoms with E-state index < -0.39 is 0 Å². The van der Waals surface area contributed by atoms with Gasteiger partial charge in [-0.3, -0.25) is 4.79 Å². The molecule has 1 heterocycles. The van der Waals surface area contributed by atoms with E-state index in [0.717, 1.165) is 30.7 Å². The van der Waals surface area contributed by atoms with Crippen LogP contribution in [-0.4, -0.2) is 17.0 Å². The maximum Gasteiger partial charge on any atom is 0.181 e. The van der Waals surface area contributed by atoms with Crippen molar-refractivity contribution < 1.29 is 4.79 Å². The number of ketones is 1. The molecule has 1 aliphatic rings. The van der Waals surface area contributed by atoms with Crippen LogP contribution in [0.1, 0.15) is 41.0 Å². The number of hydrogen-bond acceptors (Lipinski definition) is 3. The highest BCUT2D eigenvalue weighted by molar-refractivity contribution is 7.98. The summed E-state index contributed by atoms with van der Waals surface area (Å²) in [7, 11) is 0. The average molecular weight is 221 g/mol. The molecule has 1 aromatic heterocycles. The third kappa shape index (κ3) is 2.07. The standard InChI is InChI=1S/C12H15NOS/c1-8-7-11(15-2)9-5-3-4-6-10(14)12(9)13-8/h7H,3-6H2,1-2H3. The third-order valence-electron chi connectivity index (χ3n) is 2.78. The summed E-state index contributed by atoms with van der Waals surface area (Å²) in [6.45, 7) is 1.96. The van der Waals surface area contributed by atoms with Crippen molar-refractivity contribution in [3.8, 4) is 0 Å². The summed E-state index contributed by atoms with van der Waals surface area (Å²) in [5.74, 6) is 0.224. The minimum absolute atomic E-state index is 0.224. The van der Waals surface area contributed by atoms with Crippen molar-refractivity contribution in [3.05, 3.63) is 23.0 Å². The molecule has 0 aromatic carbocycles. The Labute approximate surface area is 94.5 Å². The predicted molar refractivity (Wildman–Crippen MR) is 62.6 cm³/mol. The first-order valence-corrected chi connectivity index (χ1v) is 6.52. The molecule has 0 N–H and O–H groups in total. The molecular formula is C12H15NOS. The van der Waals surface area contributed by atoms with E-state index in [4.69, 9.17) is 0 Å². The lowest BCUT2D eigenvalue weighted by atomic mass is 10.1. The highest BCUT2D eigenvalue weighted by Crippen LogP contribution is 2.28. The quantitative estimate of drug-likeness (QED) is 0.539. The van der Waals surface area contributed by atoms with Gasteiger partial charge in [0.05, 0.1) is 0 Å². The van der Waals surface area contributed by atoms with Crippen molar-refractivity contribution in [1.82, 2.24) is 4.98 Å². The first kappa shape index (κ1) is 10.7. The van der Waals surface area contributed by atoms with Gasteiger partial charge < -0.3 is 0 Å². The van der Waals surface area contributed by atoms with Crippen molar-refractivity contribution in [3.63, 3.8) is 0 Å². The molecule has 0 unspecified atom stereocenters. The summed E-state index contributed by atoms with van der Waals surface area (Å²) in [6, 6.07) is 2.09. The Kier molecular flexibility index (Phi) is 3.10. The highest BCUT2D eigenvalue weighted by atomic mass is 32.2. The van der Waals surface area contributed by atoms with E-state index in [-0.39, 0.29) is 5.78 Å². The smallest absolute Gasteiger partial charge is 0.181 e. The van der Waals surface area contributed by atoms with E-state index in [1.54, 1.807) is 11.8 Å². The largest absolute Gasteiger partial charge is 0.292 e. The van der Waals surface area contributed by atoms with Gasteiger partial charge in [0.2, 0.25) is 0 Å². The molecule has 2 nitrogen and oxygen atoms in total. The number of hydrogen-bond donors (Lipinski definition) is 0. The SMILES string of the molecule is CSc1cc(C)nc2c1CCCCC2=O. The van der Waals surface area contributed by atoms with E-state index >= 15 is 0 Å². The second-order valence-corrected chi connectivity index (χ2v) is 4.77. The third-order valence-corrected chi connectivity index (χ3v) is 3.58. The van der Waals surface area contributed by atoms with Crippen molar-refractivity contribution >= 4 is 17.5 Å². The Bertz CT molecular complexity index is 401. The van der Waals surface area contributed by atoms with Crippen LogP contribution >= 0.6 is 11.8 Å². The molecule has 0 radical (unpaired) electrons. The highest BCUT2D eigenvalue weighted by Gasteiger charge is 2.19. The molecule has 0 saturated heterocycles. The van der Waals surface area contributed by atoms with Gasteiger partial charge in [-0.25, -0.2) is 4.98 Å². The van der Waals surface area contributed by atoms with Crippen LogP contribution < -0.4 is 0 Å². The number of fused-ring (bicyclic) bond motifs is 1. The minimum Gasteiger partial charge on any atom is -0.292 e. The van der Waals surface area contributed by atoms with E-state index in [9.17, 15) is 4.79 Å². The van der Waals surface area contributed by atoms with Crippen molar-refractivity contribution in [2.45, 2.75) is 37.5 Å². The Hall–Kier alpha value is -0.830. The number of carbonyl (C=O) groups excluding carboxylic acids is 1. The Morgan fingerprint density at radius 2 is 2.07 bits per heavy atom. The predicted octanol–water partition coefficient (Wildman–Crippen LogP) is 3.02. The molecule has 1 aromatic rings. The summed E-state index contributed by atoms with van der Waals surface area (Å²) in [5, 5.41) is 0. The number of rotatable bonds is 1. The molecule has 0 bridgehead atoms. The zero-order valence-corrected chi connectivity index (χ0v) is 9.99. The second kappa shape index (κ2) is 4.35. The van der Waals surface area contributed by atoms with Gasteiger partial charge in [-0.15, -0.1) is 11.8 Å². The zero-order valence-electron chi connectivity index (χ0n) is 9.17. The van der Waals surface area contributed by atoms with Gasteiger partial charge in [-0.1, -0.05) is 0 Å². The fraction of sp³-hybridized carbons (Fsp3) is 0.500. The summed E-state index contributed by atoms with van der Waals surface area (Å²) < 4.78 is 0. The van der Waals surface area contributed by atoms with E-state index in [1.807, 2.05) is 6.92 Å². The van der Waals surface area contributed by atoms with Crippen LogP contribution in [0.3, 0.4) is 0 Å². The number of carbonyl (C=O) groups is 1. The van der Waals surface area contributed by atoms with Gasteiger partial charge >= 0.3 is 0 Å². The molecule has 0 atom stereocenters. The Balaban J connectivity index is 2.58. The lowest BCUT2D eigenvalue weighted by Gasteiger charge is -2.10. The van der Waals surface area contributed by atoms with E-state index in [0.29, 0.717) is 6.42 Å². The molecule has 0 amide bonds. The number of thioether (sulfide) groups is 1. The first-order valence-electron chi connectivity index (χ1n) is 5.30. The Morgan fingerprint density at radius 3 is 2.80 bits per heavy atom. The lowest BCUT2D eigenvalue weighted by Crippen LogP contribution is -2.06. The number of aromatic nitrogens is 1. The normalized spacial score (nSPS) is 16.0. The van der Waals surface area contributed by atoms with Crippen molar-refractivity contribution in [2.75, 3.05) is 6.26 Å². The fourth-order valence-electron chi connectivity index (χ4n) is 2.03. The average Bonchev–Trinajstić information content (AvgIpc) is 2.40. The molecule has 15 heavy (non-hydrogen) atoms. The molecule has 0 saturated carbocycles. The maximum absolute atomic E-state index is 11.9. The molecule has 0 aliphatic heterocycles. The van der Waals surface area contributed by atoms with Gasteiger partial charge in [-0.05, 0) is 44.1 Å². The Morgan fingerprint density at radius 1 is 1.33 bits per heavy atom. The van der Waals surface area contributed by atoms with Crippen LogP contribution in [0.2, 0.25) is 0 Å². The van der Waals surface area contributed by atoms with Gasteiger partial charge in [0.25, 0.3) is 0 Å². The zero-order chi connectivity index (χ0) is 10.8. The van der Waals surface area contributed by atoms with Crippen molar-refractivity contribution in [2.24, 2.45) is 0 Å². The van der Waals surface area contributed by atoms with Crippen LogP contribution in [0.25, 0.3) is 0 Å². The van der Waals surface area contributed by atoms with Crippen LogP contribution in [-0.2, 0) is 6.42 Å². The van der Waals surface area contributed by atoms with Crippen molar-refractivity contribution in [1.29, 1.82) is 0 Å². The van der Waals surface area contributed by atoms with Gasteiger partial charge in [0.1, 0.15) is 5.69 Å². The van der Waals surface area contributed by atoms with E-state index in [2.05, 4.69) is 17.3 Å². The second-order valence-electron chi connectivity index (χ2n) is 3.92. The van der Waals surface area contributed by atoms with Gasteiger partial charge in [0, 0.05) is 17.0 Å². The minimum atomic E-state index is 0.224. The molecular weight excluding hydrogens is 206 g/mol. The molecule has 1 aliphatic carbocycles. The molecule has 2 rings (SSSR count). The fourth-order valence-corrected chi connectivity index (χ4v) is 2.76. The van der Waals surface area contributed by atoms with Crippen LogP contribution in [0, 0.1) is 6.92 Å². The van der Waals surface area contributed by atoms with Crippen LogP contribution in [0.15, 0.2) is 11.0 Å². The maximum atomic E-state index is 11.9. The summed E-state index contributed by atoms with van der Waals surface area (Å²) in [4.78, 5) is 17.5. The summed E-state index contributed by atoms with van der Waals surface area (Å²) in [6.07, 6.45) is 5.84. The first-order chi connectivity index (χ1) is 7.22. The number of aryl methyl sites for hydroxylation is 1. The number of pyridine rings is 1.